The van der Waals surface area contributed by atoms with Crippen molar-refractivity contribution in [2.45, 2.75) is 57.6 Å². The number of sulfonamides is 1. The van der Waals surface area contributed by atoms with Crippen molar-refractivity contribution in [1.82, 2.24) is 4.31 Å². The molecule has 0 spiro atoms. The van der Waals surface area contributed by atoms with Crippen LogP contribution in [0.1, 0.15) is 50.5 Å². The summed E-state index contributed by atoms with van der Waals surface area (Å²) in [5, 5.41) is 2.74. The molecule has 2 aromatic carbocycles. The number of cyclic esters (lactones) is 1. The third-order valence-electron chi connectivity index (χ3n) is 5.47. The van der Waals surface area contributed by atoms with Crippen LogP contribution >= 0.6 is 0 Å². The van der Waals surface area contributed by atoms with E-state index >= 15 is 0 Å². The molecule has 3 rings (SSSR count). The smallest absolute Gasteiger partial charge is 0.339 e. The van der Waals surface area contributed by atoms with Crippen LogP contribution in [0.3, 0.4) is 0 Å². The van der Waals surface area contributed by atoms with Crippen LogP contribution in [0.4, 0.5) is 5.69 Å². The first-order chi connectivity index (χ1) is 15.5. The summed E-state index contributed by atoms with van der Waals surface area (Å²) < 4.78 is 38.7. The van der Waals surface area contributed by atoms with Crippen molar-refractivity contribution in [2.24, 2.45) is 0 Å². The molecule has 0 fully saturated rings. The monoisotopic (exact) mass is 474 g/mol. The largest absolute Gasteiger partial charge is 0.489 e. The van der Waals surface area contributed by atoms with Gasteiger partial charge in [-0.15, -0.1) is 0 Å². The van der Waals surface area contributed by atoms with Gasteiger partial charge in [-0.05, 0) is 50.6 Å². The van der Waals surface area contributed by atoms with Crippen LogP contribution in [0.15, 0.2) is 47.4 Å². The molecule has 1 amide bonds. The zero-order chi connectivity index (χ0) is 24.4. The van der Waals surface area contributed by atoms with Gasteiger partial charge in [0.15, 0.2) is 5.60 Å². The molecule has 178 valence electrons. The first-order valence-corrected chi connectivity index (χ1v) is 12.4. The van der Waals surface area contributed by atoms with Crippen molar-refractivity contribution < 1.29 is 27.5 Å². The Bertz CT molecular complexity index is 1160. The van der Waals surface area contributed by atoms with Gasteiger partial charge < -0.3 is 14.8 Å². The van der Waals surface area contributed by atoms with Crippen LogP contribution in [-0.4, -0.2) is 49.4 Å². The molecule has 9 heteroatoms. The topological polar surface area (TPSA) is 102 Å². The number of nitrogens with one attached hydrogen (secondary N) is 1. The summed E-state index contributed by atoms with van der Waals surface area (Å²) >= 11 is 0. The molecule has 0 radical (unpaired) electrons. The van der Waals surface area contributed by atoms with Gasteiger partial charge in [-0.2, -0.15) is 4.31 Å². The Hall–Kier alpha value is -2.91. The van der Waals surface area contributed by atoms with Gasteiger partial charge in [-0.25, -0.2) is 13.2 Å². The molecular weight excluding hydrogens is 444 g/mol. The molecule has 0 saturated heterocycles. The van der Waals surface area contributed by atoms with Crippen molar-refractivity contribution in [3.8, 4) is 5.75 Å². The molecule has 0 aliphatic carbocycles. The minimum atomic E-state index is -3.75. The molecule has 0 unspecified atom stereocenters. The predicted molar refractivity (Wildman–Crippen MR) is 125 cm³/mol. The summed E-state index contributed by atoms with van der Waals surface area (Å²) in [6, 6.07) is 11.3. The van der Waals surface area contributed by atoms with E-state index in [1.54, 1.807) is 38.1 Å². The van der Waals surface area contributed by atoms with E-state index in [9.17, 15) is 18.0 Å². The highest BCUT2D eigenvalue weighted by Crippen LogP contribution is 2.33. The second-order valence-electron chi connectivity index (χ2n) is 8.32. The standard InChI is InChI=1S/C24H30N2O6S/c1-6-26(7-2)33(29,30)18-12-13-21(31-16(3)4)20(14-18)25-23(28)24(5)15-17-10-8-9-11-19(17)22(27)32-24/h8-14,16H,6-7,15H2,1-5H3,(H,25,28)/t24-/m0/s1. The van der Waals surface area contributed by atoms with E-state index in [4.69, 9.17) is 9.47 Å². The number of carbonyl (C=O) groups is 2. The Morgan fingerprint density at radius 3 is 2.48 bits per heavy atom. The van der Waals surface area contributed by atoms with E-state index in [0.717, 1.165) is 0 Å². The minimum Gasteiger partial charge on any atom is -0.489 e. The van der Waals surface area contributed by atoms with E-state index in [1.165, 1.54) is 29.4 Å². The molecule has 1 heterocycles. The molecule has 0 bridgehead atoms. The molecule has 0 aromatic heterocycles. The number of hydrogen-bond donors (Lipinski definition) is 1. The Kier molecular flexibility index (Phi) is 7.14. The number of ether oxygens (including phenoxy) is 2. The zero-order valence-electron chi connectivity index (χ0n) is 19.5. The summed E-state index contributed by atoms with van der Waals surface area (Å²) in [7, 11) is -3.75. The molecule has 1 aliphatic heterocycles. The lowest BCUT2D eigenvalue weighted by molar-refractivity contribution is -0.134. The maximum Gasteiger partial charge on any atom is 0.339 e. The highest BCUT2D eigenvalue weighted by atomic mass is 32.2. The molecule has 1 atom stereocenters. The Morgan fingerprint density at radius 1 is 1.18 bits per heavy atom. The summed E-state index contributed by atoms with van der Waals surface area (Å²) in [6.45, 7) is 9.35. The van der Waals surface area contributed by atoms with E-state index in [1.807, 2.05) is 13.8 Å². The van der Waals surface area contributed by atoms with Gasteiger partial charge in [-0.1, -0.05) is 32.0 Å². The summed E-state index contributed by atoms with van der Waals surface area (Å²) in [6.07, 6.45) is -0.0145. The van der Waals surface area contributed by atoms with Crippen molar-refractivity contribution in [3.05, 3.63) is 53.6 Å². The van der Waals surface area contributed by atoms with Crippen LogP contribution in [0.25, 0.3) is 0 Å². The van der Waals surface area contributed by atoms with Crippen molar-refractivity contribution >= 4 is 27.6 Å². The number of nitrogens with zero attached hydrogens (tertiary/aromatic N) is 1. The Morgan fingerprint density at radius 2 is 1.85 bits per heavy atom. The van der Waals surface area contributed by atoms with Gasteiger partial charge in [0.25, 0.3) is 5.91 Å². The Balaban J connectivity index is 1.97. The third kappa shape index (κ3) is 5.04. The van der Waals surface area contributed by atoms with Crippen molar-refractivity contribution in [2.75, 3.05) is 18.4 Å². The third-order valence-corrected chi connectivity index (χ3v) is 7.51. The number of amides is 1. The predicted octanol–water partition coefficient (Wildman–Crippen LogP) is 3.61. The number of hydrogen-bond acceptors (Lipinski definition) is 6. The fourth-order valence-corrected chi connectivity index (χ4v) is 5.24. The van der Waals surface area contributed by atoms with Crippen LogP contribution < -0.4 is 10.1 Å². The van der Waals surface area contributed by atoms with Gasteiger partial charge in [-0.3, -0.25) is 4.79 Å². The fraction of sp³-hybridized carbons (Fsp3) is 0.417. The second-order valence-corrected chi connectivity index (χ2v) is 10.3. The van der Waals surface area contributed by atoms with Crippen molar-refractivity contribution in [3.63, 3.8) is 0 Å². The maximum atomic E-state index is 13.3. The quantitative estimate of drug-likeness (QED) is 0.587. The van der Waals surface area contributed by atoms with Crippen molar-refractivity contribution in [1.29, 1.82) is 0 Å². The lowest BCUT2D eigenvalue weighted by Gasteiger charge is -2.33. The highest BCUT2D eigenvalue weighted by molar-refractivity contribution is 7.89. The first-order valence-electron chi connectivity index (χ1n) is 11.0. The highest BCUT2D eigenvalue weighted by Gasteiger charge is 2.43. The van der Waals surface area contributed by atoms with Gasteiger partial charge >= 0.3 is 5.97 Å². The molecule has 1 aliphatic rings. The van der Waals surface area contributed by atoms with E-state index in [-0.39, 0.29) is 23.1 Å². The van der Waals surface area contributed by atoms with Gasteiger partial charge in [0.05, 0.1) is 22.3 Å². The number of rotatable bonds is 8. The van der Waals surface area contributed by atoms with E-state index in [0.29, 0.717) is 30.0 Å². The summed E-state index contributed by atoms with van der Waals surface area (Å²) in [5.74, 6) is -0.828. The van der Waals surface area contributed by atoms with Crippen LogP contribution in [0.2, 0.25) is 0 Å². The molecule has 8 nitrogen and oxygen atoms in total. The summed E-state index contributed by atoms with van der Waals surface area (Å²) in [5.41, 5.74) is -0.131. The lowest BCUT2D eigenvalue weighted by atomic mass is 9.89. The van der Waals surface area contributed by atoms with E-state index in [2.05, 4.69) is 5.32 Å². The Labute approximate surface area is 194 Å². The molecule has 0 saturated carbocycles. The minimum absolute atomic E-state index is 0.0359. The molecular formula is C24H30N2O6S. The molecule has 33 heavy (non-hydrogen) atoms. The van der Waals surface area contributed by atoms with Gasteiger partial charge in [0.1, 0.15) is 5.75 Å². The number of benzene rings is 2. The van der Waals surface area contributed by atoms with Crippen LogP contribution in [0, 0.1) is 0 Å². The zero-order valence-corrected chi connectivity index (χ0v) is 20.4. The number of anilines is 1. The van der Waals surface area contributed by atoms with Gasteiger partial charge in [0.2, 0.25) is 10.0 Å². The average Bonchev–Trinajstić information content (AvgIpc) is 2.75. The van der Waals surface area contributed by atoms with E-state index < -0.39 is 27.5 Å². The van der Waals surface area contributed by atoms with Crippen LogP contribution in [0.5, 0.6) is 5.75 Å². The first kappa shape index (κ1) is 24.7. The summed E-state index contributed by atoms with van der Waals surface area (Å²) in [4.78, 5) is 25.8. The molecule has 1 N–H and O–H groups in total. The second kappa shape index (κ2) is 9.52. The SMILES string of the molecule is CCN(CC)S(=O)(=O)c1ccc(OC(C)C)c(NC(=O)[C@]2(C)Cc3ccccc3C(=O)O2)c1. The molecule has 2 aromatic rings. The normalized spacial score (nSPS) is 18.1. The average molecular weight is 475 g/mol. The maximum absolute atomic E-state index is 13.3. The fourth-order valence-electron chi connectivity index (χ4n) is 3.75. The number of carbonyl (C=O) groups excluding carboxylic acids is 2. The number of esters is 1. The van der Waals surface area contributed by atoms with Gasteiger partial charge in [0, 0.05) is 19.5 Å². The number of fused-ring (bicyclic) bond motifs is 1. The lowest BCUT2D eigenvalue weighted by Crippen LogP contribution is -2.49. The van der Waals surface area contributed by atoms with Crippen LogP contribution in [-0.2, 0) is 26.0 Å².